The summed E-state index contributed by atoms with van der Waals surface area (Å²) in [7, 11) is 1.97. The topological polar surface area (TPSA) is 67.6 Å². The molecule has 1 fully saturated rings. The number of aliphatic imine (C=N–C) groups is 1. The van der Waals surface area contributed by atoms with E-state index in [2.05, 4.69) is 27.3 Å². The van der Waals surface area contributed by atoms with Crippen molar-refractivity contribution < 1.29 is 4.74 Å². The van der Waals surface area contributed by atoms with Crippen molar-refractivity contribution in [2.75, 3.05) is 19.6 Å². The van der Waals surface area contributed by atoms with Crippen LogP contribution < -0.4 is 10.1 Å². The first-order valence-corrected chi connectivity index (χ1v) is 9.27. The lowest BCUT2D eigenvalue weighted by molar-refractivity contribution is 0.129. The summed E-state index contributed by atoms with van der Waals surface area (Å²) in [6.45, 7) is 7.27. The zero-order valence-electron chi connectivity index (χ0n) is 16.3. The number of benzene rings is 1. The maximum absolute atomic E-state index is 6.08. The molecule has 7 nitrogen and oxygen atoms in total. The van der Waals surface area contributed by atoms with Gasteiger partial charge in [-0.15, -0.1) is 34.2 Å². The fraction of sp³-hybridized carbons (Fsp3) is 0.526. The van der Waals surface area contributed by atoms with Crippen molar-refractivity contribution >= 4 is 29.9 Å². The van der Waals surface area contributed by atoms with Crippen LogP contribution in [0.2, 0.25) is 0 Å². The van der Waals surface area contributed by atoms with E-state index in [1.54, 1.807) is 0 Å². The molecule has 1 aliphatic heterocycles. The van der Waals surface area contributed by atoms with Crippen LogP contribution in [0.4, 0.5) is 0 Å². The summed E-state index contributed by atoms with van der Waals surface area (Å²) in [5.41, 5.74) is 0. The van der Waals surface area contributed by atoms with E-state index in [1.165, 1.54) is 0 Å². The van der Waals surface area contributed by atoms with Crippen LogP contribution >= 0.6 is 24.0 Å². The van der Waals surface area contributed by atoms with Gasteiger partial charge in [0.25, 0.3) is 0 Å². The van der Waals surface area contributed by atoms with Gasteiger partial charge in [0.1, 0.15) is 24.2 Å². The van der Waals surface area contributed by atoms with Crippen molar-refractivity contribution in [1.82, 2.24) is 25.0 Å². The Morgan fingerprint density at radius 2 is 1.93 bits per heavy atom. The number of hydrogen-bond donors (Lipinski definition) is 1. The summed E-state index contributed by atoms with van der Waals surface area (Å²) in [5.74, 6) is 3.66. The molecule has 148 valence electrons. The average Bonchev–Trinajstić information content (AvgIpc) is 2.99. The molecule has 0 spiro atoms. The summed E-state index contributed by atoms with van der Waals surface area (Å²) < 4.78 is 8.06. The number of piperidine rings is 1. The third-order valence-electron chi connectivity index (χ3n) is 4.68. The minimum Gasteiger partial charge on any atom is -0.490 e. The molecule has 0 saturated carbocycles. The van der Waals surface area contributed by atoms with E-state index in [0.29, 0.717) is 6.54 Å². The molecule has 3 rings (SSSR count). The predicted molar refractivity (Wildman–Crippen MR) is 118 cm³/mol. The van der Waals surface area contributed by atoms with Gasteiger partial charge < -0.3 is 19.5 Å². The van der Waals surface area contributed by atoms with E-state index in [0.717, 1.165) is 55.8 Å². The molecule has 27 heavy (non-hydrogen) atoms. The zero-order valence-corrected chi connectivity index (χ0v) is 18.6. The Morgan fingerprint density at radius 3 is 2.52 bits per heavy atom. The van der Waals surface area contributed by atoms with Crippen LogP contribution in [0.15, 0.2) is 35.3 Å². The minimum atomic E-state index is 0. The number of guanidine groups is 1. The van der Waals surface area contributed by atoms with E-state index in [1.807, 2.05) is 48.9 Å². The Labute approximate surface area is 178 Å². The Kier molecular flexibility index (Phi) is 8.33. The number of likely N-dealkylation sites (tertiary alicyclic amines) is 1. The molecule has 0 bridgehead atoms. The lowest BCUT2D eigenvalue weighted by Crippen LogP contribution is -2.47. The van der Waals surface area contributed by atoms with Crippen molar-refractivity contribution in [1.29, 1.82) is 0 Å². The van der Waals surface area contributed by atoms with Gasteiger partial charge in [-0.1, -0.05) is 18.2 Å². The highest BCUT2D eigenvalue weighted by Gasteiger charge is 2.22. The van der Waals surface area contributed by atoms with Crippen molar-refractivity contribution in [2.45, 2.75) is 39.3 Å². The maximum atomic E-state index is 6.08. The number of ether oxygens (including phenoxy) is 1. The van der Waals surface area contributed by atoms with Gasteiger partial charge in [-0.25, -0.2) is 4.99 Å². The first-order valence-electron chi connectivity index (χ1n) is 9.27. The molecule has 0 atom stereocenters. The maximum Gasteiger partial charge on any atom is 0.194 e. The second kappa shape index (κ2) is 10.5. The van der Waals surface area contributed by atoms with Crippen LogP contribution in [-0.2, 0) is 13.6 Å². The highest BCUT2D eigenvalue weighted by atomic mass is 127. The first kappa shape index (κ1) is 21.5. The van der Waals surface area contributed by atoms with Gasteiger partial charge in [-0.2, -0.15) is 0 Å². The summed E-state index contributed by atoms with van der Waals surface area (Å²) in [5, 5.41) is 11.7. The van der Waals surface area contributed by atoms with Gasteiger partial charge in [-0.05, 0) is 26.0 Å². The smallest absolute Gasteiger partial charge is 0.194 e. The number of nitrogens with one attached hydrogen (secondary N) is 1. The van der Waals surface area contributed by atoms with Crippen LogP contribution in [-0.4, -0.2) is 51.4 Å². The molecule has 1 N–H and O–H groups in total. The molecular weight excluding hydrogens is 455 g/mol. The third kappa shape index (κ3) is 5.82. The quantitative estimate of drug-likeness (QED) is 0.402. The van der Waals surface area contributed by atoms with Gasteiger partial charge >= 0.3 is 0 Å². The number of para-hydroxylation sites is 1. The van der Waals surface area contributed by atoms with Crippen LogP contribution in [0.3, 0.4) is 0 Å². The van der Waals surface area contributed by atoms with E-state index < -0.39 is 0 Å². The second-order valence-corrected chi connectivity index (χ2v) is 6.51. The molecule has 8 heteroatoms. The summed E-state index contributed by atoms with van der Waals surface area (Å²) in [6, 6.07) is 10.1. The highest BCUT2D eigenvalue weighted by molar-refractivity contribution is 14.0. The van der Waals surface area contributed by atoms with Crippen LogP contribution in [0.25, 0.3) is 0 Å². The minimum absolute atomic E-state index is 0. The molecule has 0 radical (unpaired) electrons. The monoisotopic (exact) mass is 484 g/mol. The third-order valence-corrected chi connectivity index (χ3v) is 4.68. The normalized spacial score (nSPS) is 15.4. The summed E-state index contributed by atoms with van der Waals surface area (Å²) >= 11 is 0. The summed E-state index contributed by atoms with van der Waals surface area (Å²) in [6.07, 6.45) is 2.24. The average molecular weight is 484 g/mol. The van der Waals surface area contributed by atoms with Gasteiger partial charge in [0.05, 0.1) is 0 Å². The Hall–Kier alpha value is -1.84. The van der Waals surface area contributed by atoms with Gasteiger partial charge in [0.15, 0.2) is 11.8 Å². The zero-order chi connectivity index (χ0) is 18.4. The van der Waals surface area contributed by atoms with Crippen molar-refractivity contribution in [3.8, 4) is 5.75 Å². The fourth-order valence-corrected chi connectivity index (χ4v) is 3.04. The summed E-state index contributed by atoms with van der Waals surface area (Å²) in [4.78, 5) is 7.06. The second-order valence-electron chi connectivity index (χ2n) is 6.51. The molecule has 1 aromatic carbocycles. The lowest BCUT2D eigenvalue weighted by atomic mass is 10.1. The SMILES string of the molecule is CCNC(=NCc1nnc(C)n1C)N1CCC(Oc2ccccc2)CC1.I. The van der Waals surface area contributed by atoms with Crippen LogP contribution in [0, 0.1) is 6.92 Å². The largest absolute Gasteiger partial charge is 0.490 e. The number of rotatable bonds is 5. The number of halogens is 1. The molecule has 1 saturated heterocycles. The molecule has 1 aliphatic rings. The fourth-order valence-electron chi connectivity index (χ4n) is 3.04. The van der Waals surface area contributed by atoms with E-state index in [4.69, 9.17) is 9.73 Å². The van der Waals surface area contributed by atoms with E-state index in [-0.39, 0.29) is 30.1 Å². The number of hydrogen-bond acceptors (Lipinski definition) is 4. The van der Waals surface area contributed by atoms with Gasteiger partial charge in [0.2, 0.25) is 0 Å². The molecule has 0 unspecified atom stereocenters. The highest BCUT2D eigenvalue weighted by Crippen LogP contribution is 2.18. The molecule has 0 aliphatic carbocycles. The van der Waals surface area contributed by atoms with Crippen molar-refractivity contribution in [3.05, 3.63) is 42.0 Å². The molecular formula is C19H29IN6O. The van der Waals surface area contributed by atoms with E-state index >= 15 is 0 Å². The van der Waals surface area contributed by atoms with E-state index in [9.17, 15) is 0 Å². The lowest BCUT2D eigenvalue weighted by Gasteiger charge is -2.34. The van der Waals surface area contributed by atoms with Crippen molar-refractivity contribution in [2.24, 2.45) is 12.0 Å². The molecule has 2 aromatic rings. The molecule has 0 amide bonds. The number of aromatic nitrogens is 3. The predicted octanol–water partition coefficient (Wildman–Crippen LogP) is 2.75. The Bertz CT molecular complexity index is 725. The Morgan fingerprint density at radius 1 is 1.22 bits per heavy atom. The first-order chi connectivity index (χ1) is 12.7. The van der Waals surface area contributed by atoms with Crippen LogP contribution in [0.1, 0.15) is 31.4 Å². The Balaban J connectivity index is 0.00000261. The number of aryl methyl sites for hydroxylation is 1. The molecule has 1 aromatic heterocycles. The van der Waals surface area contributed by atoms with Gasteiger partial charge in [-0.3, -0.25) is 0 Å². The number of nitrogens with zero attached hydrogens (tertiary/aromatic N) is 5. The molecule has 2 heterocycles. The standard InChI is InChI=1S/C19H28N6O.HI/c1-4-20-19(21-14-18-23-22-15(2)24(18)3)25-12-10-17(11-13-25)26-16-8-6-5-7-9-16;/h5-9,17H,4,10-14H2,1-3H3,(H,20,21);1H. The van der Waals surface area contributed by atoms with Gasteiger partial charge in [0, 0.05) is 39.5 Å². The van der Waals surface area contributed by atoms with Crippen LogP contribution in [0.5, 0.6) is 5.75 Å². The van der Waals surface area contributed by atoms with Crippen molar-refractivity contribution in [3.63, 3.8) is 0 Å².